The van der Waals surface area contributed by atoms with E-state index in [2.05, 4.69) is 10.2 Å². The zero-order valence-corrected chi connectivity index (χ0v) is 14.9. The van der Waals surface area contributed by atoms with Crippen molar-refractivity contribution in [1.82, 2.24) is 19.7 Å². The van der Waals surface area contributed by atoms with Crippen molar-refractivity contribution >= 4 is 5.91 Å². The highest BCUT2D eigenvalue weighted by Crippen LogP contribution is 2.29. The lowest BCUT2D eigenvalue weighted by Gasteiger charge is -2.32. The molecule has 0 spiro atoms. The van der Waals surface area contributed by atoms with Gasteiger partial charge in [0, 0.05) is 31.6 Å². The molecular formula is C21H22N4O. The molecule has 4 rings (SSSR count). The molecule has 2 aromatic carbocycles. The molecule has 1 aliphatic heterocycles. The van der Waals surface area contributed by atoms with Gasteiger partial charge < -0.3 is 9.47 Å². The van der Waals surface area contributed by atoms with Crippen LogP contribution >= 0.6 is 0 Å². The number of carbonyl (C=O) groups is 1. The molecule has 0 bridgehead atoms. The molecule has 132 valence electrons. The van der Waals surface area contributed by atoms with Gasteiger partial charge in [0.15, 0.2) is 0 Å². The maximum Gasteiger partial charge on any atom is 0.254 e. The summed E-state index contributed by atoms with van der Waals surface area (Å²) in [5, 5.41) is 8.21. The van der Waals surface area contributed by atoms with Crippen LogP contribution in [0.2, 0.25) is 0 Å². The molecule has 0 saturated carbocycles. The first-order valence-electron chi connectivity index (χ1n) is 9.01. The van der Waals surface area contributed by atoms with E-state index < -0.39 is 0 Å². The number of piperidine rings is 1. The Hall–Kier alpha value is -2.95. The first-order valence-corrected chi connectivity index (χ1v) is 9.01. The average molecular weight is 346 g/mol. The Bertz CT molecular complexity index is 895. The molecule has 2 heterocycles. The second-order valence-electron chi connectivity index (χ2n) is 6.78. The maximum absolute atomic E-state index is 13.1. The van der Waals surface area contributed by atoms with Gasteiger partial charge in [0.1, 0.15) is 12.2 Å². The highest BCUT2D eigenvalue weighted by Gasteiger charge is 2.27. The summed E-state index contributed by atoms with van der Waals surface area (Å²) in [6.45, 7) is 1.50. The van der Waals surface area contributed by atoms with Crippen LogP contribution in [-0.2, 0) is 7.05 Å². The first-order chi connectivity index (χ1) is 12.7. The standard InChI is InChI=1S/C21H22N4O/c1-24-15-22-23-20(24)17-11-13-25(14-12-17)21(26)19-10-6-5-9-18(19)16-7-3-2-4-8-16/h2-10,15,17H,11-14H2,1H3. The second-order valence-corrected chi connectivity index (χ2v) is 6.78. The van der Waals surface area contributed by atoms with Crippen molar-refractivity contribution in [1.29, 1.82) is 0 Å². The SMILES string of the molecule is Cn1cnnc1C1CCN(C(=O)c2ccccc2-c2ccccc2)CC1. The van der Waals surface area contributed by atoms with Crippen LogP contribution in [0, 0.1) is 0 Å². The van der Waals surface area contributed by atoms with Gasteiger partial charge in [0.2, 0.25) is 0 Å². The fourth-order valence-electron chi connectivity index (χ4n) is 3.71. The van der Waals surface area contributed by atoms with Crippen molar-refractivity contribution in [3.8, 4) is 11.1 Å². The Morgan fingerprint density at radius 1 is 1.00 bits per heavy atom. The van der Waals surface area contributed by atoms with Gasteiger partial charge in [-0.15, -0.1) is 10.2 Å². The summed E-state index contributed by atoms with van der Waals surface area (Å²) in [5.41, 5.74) is 2.84. The quantitative estimate of drug-likeness (QED) is 0.729. The Morgan fingerprint density at radius 3 is 2.38 bits per heavy atom. The van der Waals surface area contributed by atoms with E-state index in [0.29, 0.717) is 5.92 Å². The number of aryl methyl sites for hydroxylation is 1. The van der Waals surface area contributed by atoms with Crippen molar-refractivity contribution in [2.24, 2.45) is 7.05 Å². The number of hydrogen-bond donors (Lipinski definition) is 0. The predicted molar refractivity (Wildman–Crippen MR) is 101 cm³/mol. The third kappa shape index (κ3) is 3.12. The molecule has 5 nitrogen and oxygen atoms in total. The normalized spacial score (nSPS) is 15.2. The number of nitrogens with zero attached hydrogens (tertiary/aromatic N) is 4. The summed E-state index contributed by atoms with van der Waals surface area (Å²) in [6, 6.07) is 18.0. The van der Waals surface area contributed by atoms with E-state index in [4.69, 9.17) is 0 Å². The number of rotatable bonds is 3. The van der Waals surface area contributed by atoms with Crippen LogP contribution in [0.15, 0.2) is 60.9 Å². The van der Waals surface area contributed by atoms with Gasteiger partial charge >= 0.3 is 0 Å². The molecular weight excluding hydrogens is 324 g/mol. The molecule has 0 radical (unpaired) electrons. The number of benzene rings is 2. The van der Waals surface area contributed by atoms with Crippen molar-refractivity contribution in [3.05, 3.63) is 72.3 Å². The number of hydrogen-bond acceptors (Lipinski definition) is 3. The fourth-order valence-corrected chi connectivity index (χ4v) is 3.71. The van der Waals surface area contributed by atoms with Crippen LogP contribution in [0.25, 0.3) is 11.1 Å². The third-order valence-electron chi connectivity index (χ3n) is 5.14. The Balaban J connectivity index is 1.52. The van der Waals surface area contributed by atoms with Gasteiger partial charge in [0.25, 0.3) is 5.91 Å². The number of amides is 1. The molecule has 26 heavy (non-hydrogen) atoms. The lowest BCUT2D eigenvalue weighted by Crippen LogP contribution is -2.38. The highest BCUT2D eigenvalue weighted by molar-refractivity contribution is 6.00. The molecule has 0 unspecified atom stereocenters. The van der Waals surface area contributed by atoms with E-state index >= 15 is 0 Å². The minimum atomic E-state index is 0.112. The van der Waals surface area contributed by atoms with E-state index in [9.17, 15) is 4.79 Å². The van der Waals surface area contributed by atoms with E-state index in [1.807, 2.05) is 71.1 Å². The summed E-state index contributed by atoms with van der Waals surface area (Å²) in [4.78, 5) is 15.1. The van der Waals surface area contributed by atoms with Crippen molar-refractivity contribution in [2.75, 3.05) is 13.1 Å². The monoisotopic (exact) mass is 346 g/mol. The van der Waals surface area contributed by atoms with Crippen molar-refractivity contribution < 1.29 is 4.79 Å². The molecule has 1 aliphatic rings. The molecule has 1 saturated heterocycles. The maximum atomic E-state index is 13.1. The molecule has 0 atom stereocenters. The van der Waals surface area contributed by atoms with Gasteiger partial charge in [-0.1, -0.05) is 48.5 Å². The lowest BCUT2D eigenvalue weighted by molar-refractivity contribution is 0.0711. The first kappa shape index (κ1) is 16.5. The zero-order valence-electron chi connectivity index (χ0n) is 14.9. The van der Waals surface area contributed by atoms with Crippen molar-refractivity contribution in [2.45, 2.75) is 18.8 Å². The average Bonchev–Trinajstić information content (AvgIpc) is 3.14. The van der Waals surface area contributed by atoms with Crippen LogP contribution in [0.3, 0.4) is 0 Å². The smallest absolute Gasteiger partial charge is 0.254 e. The van der Waals surface area contributed by atoms with E-state index in [1.54, 1.807) is 6.33 Å². The van der Waals surface area contributed by atoms with E-state index in [0.717, 1.165) is 48.4 Å². The number of likely N-dealkylation sites (tertiary alicyclic amines) is 1. The molecule has 3 aromatic rings. The number of aromatic nitrogens is 3. The molecule has 0 N–H and O–H groups in total. The van der Waals surface area contributed by atoms with Gasteiger partial charge in [-0.2, -0.15) is 0 Å². The van der Waals surface area contributed by atoms with Gasteiger partial charge in [-0.05, 0) is 30.0 Å². The minimum Gasteiger partial charge on any atom is -0.339 e. The summed E-state index contributed by atoms with van der Waals surface area (Å²) < 4.78 is 1.98. The largest absolute Gasteiger partial charge is 0.339 e. The number of carbonyl (C=O) groups excluding carboxylic acids is 1. The molecule has 1 aromatic heterocycles. The van der Waals surface area contributed by atoms with Gasteiger partial charge in [-0.25, -0.2) is 0 Å². The van der Waals surface area contributed by atoms with Crippen LogP contribution in [0.5, 0.6) is 0 Å². The summed E-state index contributed by atoms with van der Waals surface area (Å²) in [6.07, 6.45) is 3.58. The predicted octanol–water partition coefficient (Wildman–Crippen LogP) is 3.50. The summed E-state index contributed by atoms with van der Waals surface area (Å²) in [5.74, 6) is 1.50. The van der Waals surface area contributed by atoms with Crippen LogP contribution in [0.1, 0.15) is 34.9 Å². The van der Waals surface area contributed by atoms with E-state index in [1.165, 1.54) is 0 Å². The molecule has 1 amide bonds. The topological polar surface area (TPSA) is 51.0 Å². The zero-order chi connectivity index (χ0) is 17.9. The molecule has 1 fully saturated rings. The highest BCUT2D eigenvalue weighted by atomic mass is 16.2. The third-order valence-corrected chi connectivity index (χ3v) is 5.14. The lowest BCUT2D eigenvalue weighted by atomic mass is 9.94. The van der Waals surface area contributed by atoms with Gasteiger partial charge in [0.05, 0.1) is 0 Å². The van der Waals surface area contributed by atoms with E-state index in [-0.39, 0.29) is 5.91 Å². The molecule has 0 aliphatic carbocycles. The van der Waals surface area contributed by atoms with Crippen LogP contribution in [-0.4, -0.2) is 38.7 Å². The van der Waals surface area contributed by atoms with Crippen LogP contribution < -0.4 is 0 Å². The Morgan fingerprint density at radius 2 is 1.69 bits per heavy atom. The summed E-state index contributed by atoms with van der Waals surface area (Å²) >= 11 is 0. The Kier molecular flexibility index (Phi) is 4.52. The second kappa shape index (κ2) is 7.12. The van der Waals surface area contributed by atoms with Gasteiger partial charge in [-0.3, -0.25) is 4.79 Å². The van der Waals surface area contributed by atoms with Crippen LogP contribution in [0.4, 0.5) is 0 Å². The minimum absolute atomic E-state index is 0.112. The fraction of sp³-hybridized carbons (Fsp3) is 0.286. The Labute approximate surface area is 153 Å². The van der Waals surface area contributed by atoms with Crippen molar-refractivity contribution in [3.63, 3.8) is 0 Å². The molecule has 5 heteroatoms. The summed E-state index contributed by atoms with van der Waals surface area (Å²) in [7, 11) is 1.98.